The van der Waals surface area contributed by atoms with Gasteiger partial charge in [-0.3, -0.25) is 0 Å². The Morgan fingerprint density at radius 2 is 1.62 bits per heavy atom. The number of nitrogens with one attached hydrogen (secondary N) is 1. The molecule has 0 radical (unpaired) electrons. The van der Waals surface area contributed by atoms with Crippen LogP contribution in [-0.4, -0.2) is 69.6 Å². The number of esters is 1. The Balaban J connectivity index is 1.14. The second kappa shape index (κ2) is 12.6. The molecule has 6 aliphatic rings. The molecule has 2 unspecified atom stereocenters. The number of benzene rings is 1. The molecule has 5 aliphatic carbocycles. The molecule has 5 fully saturated rings. The van der Waals surface area contributed by atoms with Crippen LogP contribution >= 0.6 is 0 Å². The zero-order valence-corrected chi connectivity index (χ0v) is 32.9. The minimum absolute atomic E-state index is 0.0412. The maximum atomic E-state index is 12.1. The first-order chi connectivity index (χ1) is 23.5. The predicted molar refractivity (Wildman–Crippen MR) is 204 cm³/mol. The lowest BCUT2D eigenvalue weighted by Crippen LogP contribution is -2.68. The Labute approximate surface area is 303 Å². The first kappa shape index (κ1) is 36.4. The van der Waals surface area contributed by atoms with E-state index in [1.54, 1.807) is 0 Å². The van der Waals surface area contributed by atoms with Crippen LogP contribution in [0.15, 0.2) is 42.5 Å². The molecular weight excluding hydrogens is 641 g/mol. The summed E-state index contributed by atoms with van der Waals surface area (Å²) in [4.78, 5) is 14.5. The molecule has 50 heavy (non-hydrogen) atoms. The molecule has 1 aliphatic heterocycles. The number of fused-ring (bicyclic) bond motifs is 7. The van der Waals surface area contributed by atoms with Gasteiger partial charge in [-0.25, -0.2) is 13.2 Å². The molecule has 0 spiro atoms. The number of carbonyl (C=O) groups is 1. The van der Waals surface area contributed by atoms with E-state index in [2.05, 4.69) is 76.5 Å². The average molecular weight is 705 g/mol. The van der Waals surface area contributed by atoms with Gasteiger partial charge in [0, 0.05) is 31.7 Å². The van der Waals surface area contributed by atoms with E-state index in [0.29, 0.717) is 65.2 Å². The monoisotopic (exact) mass is 704 g/mol. The van der Waals surface area contributed by atoms with Crippen molar-refractivity contribution in [2.24, 2.45) is 51.2 Å². The van der Waals surface area contributed by atoms with Crippen molar-refractivity contribution in [3.8, 4) is 0 Å². The van der Waals surface area contributed by atoms with Crippen molar-refractivity contribution in [2.45, 2.75) is 105 Å². The Morgan fingerprint density at radius 3 is 2.28 bits per heavy atom. The second-order valence-corrected chi connectivity index (χ2v) is 21.2. The molecule has 1 N–H and O–H groups in total. The molecule has 7 heteroatoms. The van der Waals surface area contributed by atoms with Crippen molar-refractivity contribution in [3.05, 3.63) is 53.6 Å². The van der Waals surface area contributed by atoms with Gasteiger partial charge in [-0.15, -0.1) is 0 Å². The summed E-state index contributed by atoms with van der Waals surface area (Å²) >= 11 is 0. The van der Waals surface area contributed by atoms with Gasteiger partial charge in [-0.05, 0) is 139 Å². The third-order valence-corrected chi connectivity index (χ3v) is 18.2. The van der Waals surface area contributed by atoms with Crippen LogP contribution in [0.5, 0.6) is 0 Å². The number of methoxy groups -OCH3 is 1. The fourth-order valence-electron chi connectivity index (χ4n) is 13.9. The molecule has 276 valence electrons. The van der Waals surface area contributed by atoms with Gasteiger partial charge in [-0.2, -0.15) is 0 Å². The van der Waals surface area contributed by atoms with Gasteiger partial charge in [0.15, 0.2) is 9.84 Å². The Bertz CT molecular complexity index is 1630. The lowest BCUT2D eigenvalue weighted by molar-refractivity contribution is -0.219. The van der Waals surface area contributed by atoms with Crippen molar-refractivity contribution < 1.29 is 17.9 Å². The van der Waals surface area contributed by atoms with Crippen molar-refractivity contribution in [1.82, 2.24) is 10.2 Å². The van der Waals surface area contributed by atoms with Crippen LogP contribution in [-0.2, 0) is 14.6 Å². The number of ether oxygens (including phenoxy) is 1. The van der Waals surface area contributed by atoms with E-state index in [0.717, 1.165) is 19.5 Å². The zero-order valence-electron chi connectivity index (χ0n) is 32.1. The van der Waals surface area contributed by atoms with Crippen molar-refractivity contribution in [2.75, 3.05) is 44.8 Å². The van der Waals surface area contributed by atoms with Crippen molar-refractivity contribution in [3.63, 3.8) is 0 Å². The summed E-state index contributed by atoms with van der Waals surface area (Å²) in [6.07, 6.45) is 13.9. The summed E-state index contributed by atoms with van der Waals surface area (Å²) in [6, 6.07) is 8.10. The second-order valence-electron chi connectivity index (χ2n) is 18.9. The maximum Gasteiger partial charge on any atom is 0.337 e. The number of allylic oxidation sites excluding steroid dienone is 3. The molecule has 4 saturated carbocycles. The van der Waals surface area contributed by atoms with E-state index in [9.17, 15) is 13.2 Å². The smallest absolute Gasteiger partial charge is 0.337 e. The quantitative estimate of drug-likeness (QED) is 0.228. The minimum atomic E-state index is -2.86. The number of carbonyl (C=O) groups excluding carboxylic acids is 1. The van der Waals surface area contributed by atoms with Crippen LogP contribution in [0.2, 0.25) is 0 Å². The highest BCUT2D eigenvalue weighted by atomic mass is 32.2. The largest absolute Gasteiger partial charge is 0.465 e. The number of sulfone groups is 1. The summed E-state index contributed by atoms with van der Waals surface area (Å²) in [5.74, 6) is 3.50. The molecule has 0 bridgehead atoms. The molecule has 6 nitrogen and oxygen atoms in total. The molecule has 0 aromatic heterocycles. The highest BCUT2D eigenvalue weighted by molar-refractivity contribution is 7.91. The van der Waals surface area contributed by atoms with E-state index in [4.69, 9.17) is 4.74 Å². The van der Waals surface area contributed by atoms with E-state index < -0.39 is 9.84 Å². The van der Waals surface area contributed by atoms with Crippen LogP contribution in [0, 0.1) is 51.2 Å². The highest BCUT2D eigenvalue weighted by Crippen LogP contribution is 2.76. The van der Waals surface area contributed by atoms with Gasteiger partial charge in [0.1, 0.15) is 0 Å². The highest BCUT2D eigenvalue weighted by Gasteiger charge is 2.70. The van der Waals surface area contributed by atoms with Crippen LogP contribution in [0.25, 0.3) is 5.57 Å². The Hall–Kier alpha value is -1.96. The standard InChI is InChI=1S/C43H64N2O4S/c1-29(2)32-15-20-43(44-23-24-45-25-27-50(47,48)28-26-45)22-21-41(6)34(37(32)43)13-14-36-40(5)18-16-33(30-9-11-31(12-10-30)38(46)49-8)39(3,4)35(40)17-19-42(36,41)7/h9-12,16,32,34-37,44H,1,13-15,17-28H2,2-8H3/t32?,34-,35+,36-,37-,40+,41-,42-,43?/m1/s1. The number of hydrogen-bond donors (Lipinski definition) is 1. The van der Waals surface area contributed by atoms with Gasteiger partial charge < -0.3 is 15.0 Å². The van der Waals surface area contributed by atoms with E-state index in [1.807, 2.05) is 12.1 Å². The fourth-order valence-corrected chi connectivity index (χ4v) is 15.2. The van der Waals surface area contributed by atoms with Crippen molar-refractivity contribution >= 4 is 21.4 Å². The maximum absolute atomic E-state index is 12.1. The zero-order chi connectivity index (χ0) is 35.9. The molecule has 7 rings (SSSR count). The molecule has 1 saturated heterocycles. The topological polar surface area (TPSA) is 75.7 Å². The van der Waals surface area contributed by atoms with Gasteiger partial charge in [-0.1, -0.05) is 65.0 Å². The molecule has 1 heterocycles. The van der Waals surface area contributed by atoms with E-state index >= 15 is 0 Å². The lowest BCUT2D eigenvalue weighted by Gasteiger charge is -2.72. The summed E-state index contributed by atoms with van der Waals surface area (Å²) < 4.78 is 29.0. The summed E-state index contributed by atoms with van der Waals surface area (Å²) in [5, 5.41) is 4.22. The molecule has 9 atom stereocenters. The summed E-state index contributed by atoms with van der Waals surface area (Å²) in [6.45, 7) is 23.2. The summed E-state index contributed by atoms with van der Waals surface area (Å²) in [7, 11) is -1.41. The molecule has 0 amide bonds. The number of rotatable bonds is 7. The lowest BCUT2D eigenvalue weighted by atomic mass is 9.33. The average Bonchev–Trinajstić information content (AvgIpc) is 3.45. The van der Waals surface area contributed by atoms with Gasteiger partial charge in [0.2, 0.25) is 0 Å². The fraction of sp³-hybridized carbons (Fsp3) is 0.744. The normalized spacial score (nSPS) is 41.9. The van der Waals surface area contributed by atoms with E-state index in [1.165, 1.54) is 75.2 Å². The van der Waals surface area contributed by atoms with Crippen LogP contribution in [0.4, 0.5) is 0 Å². The summed E-state index contributed by atoms with van der Waals surface area (Å²) in [5.41, 5.74) is 5.69. The van der Waals surface area contributed by atoms with Crippen LogP contribution in [0.3, 0.4) is 0 Å². The van der Waals surface area contributed by atoms with Crippen LogP contribution in [0.1, 0.15) is 115 Å². The molecule has 1 aromatic carbocycles. The van der Waals surface area contributed by atoms with Crippen LogP contribution < -0.4 is 5.32 Å². The number of hydrogen-bond acceptors (Lipinski definition) is 6. The third-order valence-electron chi connectivity index (χ3n) is 16.6. The van der Waals surface area contributed by atoms with Gasteiger partial charge >= 0.3 is 5.97 Å². The molecule has 1 aromatic rings. The Morgan fingerprint density at radius 1 is 0.920 bits per heavy atom. The van der Waals surface area contributed by atoms with Crippen molar-refractivity contribution in [1.29, 1.82) is 0 Å². The minimum Gasteiger partial charge on any atom is -0.465 e. The SMILES string of the molecule is C=C(C)C1CCC2(NCCN3CCS(=O)(=O)CC3)CC[C@]3(C)[C@H](CC[C@@H]4[C@@]5(C)CC=C(c6ccc(C(=O)OC)cc6)C(C)(C)[C@@H]5CC[C@]43C)[C@@H]12. The molecular formula is C43H64N2O4S. The van der Waals surface area contributed by atoms with Gasteiger partial charge in [0.05, 0.1) is 24.2 Å². The van der Waals surface area contributed by atoms with E-state index in [-0.39, 0.29) is 27.8 Å². The Kier molecular flexibility index (Phi) is 9.16. The number of nitrogens with zero attached hydrogens (tertiary/aromatic N) is 1. The predicted octanol–water partition coefficient (Wildman–Crippen LogP) is 8.20. The third kappa shape index (κ3) is 5.52. The first-order valence-corrected chi connectivity index (χ1v) is 21.6. The van der Waals surface area contributed by atoms with Gasteiger partial charge in [0.25, 0.3) is 0 Å². The first-order valence-electron chi connectivity index (χ1n) is 19.7.